The van der Waals surface area contributed by atoms with Gasteiger partial charge in [-0.15, -0.1) is 0 Å². The predicted octanol–water partition coefficient (Wildman–Crippen LogP) is 2.39. The minimum Gasteiger partial charge on any atom is -0.379 e. The molecule has 2 aromatic carbocycles. The molecule has 7 nitrogen and oxygen atoms in total. The highest BCUT2D eigenvalue weighted by Gasteiger charge is 2.26. The average molecular weight is 418 g/mol. The molecule has 2 aromatic rings. The molecule has 0 aromatic heterocycles. The first-order valence-electron chi connectivity index (χ1n) is 9.68. The first-order valence-corrected chi connectivity index (χ1v) is 11.1. The van der Waals surface area contributed by atoms with Crippen LogP contribution in [0.3, 0.4) is 0 Å². The Labute approximate surface area is 172 Å². The molecule has 1 aliphatic rings. The normalized spacial score (nSPS) is 17.4. The van der Waals surface area contributed by atoms with Crippen LogP contribution in [0.2, 0.25) is 0 Å². The lowest BCUT2D eigenvalue weighted by Crippen LogP contribution is -2.40. The molecule has 1 fully saturated rings. The molecule has 8 heteroatoms. The van der Waals surface area contributed by atoms with Gasteiger partial charge in [0.15, 0.2) is 0 Å². The van der Waals surface area contributed by atoms with Gasteiger partial charge < -0.3 is 10.1 Å². The van der Waals surface area contributed by atoms with Crippen molar-refractivity contribution in [1.82, 2.24) is 9.62 Å². The van der Waals surface area contributed by atoms with Crippen LogP contribution in [0.25, 0.3) is 0 Å². The zero-order chi connectivity index (χ0) is 20.9. The lowest BCUT2D eigenvalue weighted by atomic mass is 10.1. The molecule has 0 spiro atoms. The zero-order valence-corrected chi connectivity index (χ0v) is 17.5. The Morgan fingerprint density at radius 3 is 2.24 bits per heavy atom. The van der Waals surface area contributed by atoms with Gasteiger partial charge in [0.25, 0.3) is 0 Å². The van der Waals surface area contributed by atoms with Crippen LogP contribution in [0.5, 0.6) is 0 Å². The number of morpholine rings is 1. The Bertz CT molecular complexity index is 911. The fraction of sp³-hybridized carbons (Fsp3) is 0.381. The van der Waals surface area contributed by atoms with E-state index >= 15 is 0 Å². The zero-order valence-electron chi connectivity index (χ0n) is 16.7. The number of nitrogens with one attached hydrogen (secondary N) is 2. The summed E-state index contributed by atoms with van der Waals surface area (Å²) >= 11 is 0. The maximum Gasteiger partial charge on any atom is 0.243 e. The number of hydrogen-bond donors (Lipinski definition) is 2. The van der Waals surface area contributed by atoms with Crippen LogP contribution in [-0.2, 0) is 19.6 Å². The Morgan fingerprint density at radius 1 is 1.00 bits per heavy atom. The van der Waals surface area contributed by atoms with Crippen molar-refractivity contribution in [2.24, 2.45) is 0 Å². The summed E-state index contributed by atoms with van der Waals surface area (Å²) in [6, 6.07) is 15.8. The summed E-state index contributed by atoms with van der Waals surface area (Å²) in [6.45, 7) is 5.31. The molecule has 0 radical (unpaired) electrons. The number of sulfonamides is 1. The molecule has 0 saturated carbocycles. The van der Waals surface area contributed by atoms with Crippen molar-refractivity contribution in [3.05, 3.63) is 60.2 Å². The number of hydrogen-bond acceptors (Lipinski definition) is 5. The molecule has 1 saturated heterocycles. The third kappa shape index (κ3) is 5.42. The van der Waals surface area contributed by atoms with E-state index < -0.39 is 16.1 Å². The van der Waals surface area contributed by atoms with E-state index in [0.29, 0.717) is 32.0 Å². The fourth-order valence-corrected chi connectivity index (χ4v) is 4.59. The van der Waals surface area contributed by atoms with Crippen LogP contribution in [0, 0.1) is 0 Å². The van der Waals surface area contributed by atoms with Crippen molar-refractivity contribution < 1.29 is 17.9 Å². The molecule has 0 bridgehead atoms. The van der Waals surface area contributed by atoms with Crippen LogP contribution < -0.4 is 10.6 Å². The Morgan fingerprint density at radius 2 is 1.62 bits per heavy atom. The number of nitrogens with zero attached hydrogens (tertiary/aromatic N) is 1. The van der Waals surface area contributed by atoms with E-state index in [0.717, 1.165) is 5.56 Å². The lowest BCUT2D eigenvalue weighted by molar-refractivity contribution is -0.117. The predicted molar refractivity (Wildman–Crippen MR) is 112 cm³/mol. The molecule has 3 rings (SSSR count). The summed E-state index contributed by atoms with van der Waals surface area (Å²) in [4.78, 5) is 12.7. The Balaban J connectivity index is 1.59. The number of carbonyl (C=O) groups is 1. The smallest absolute Gasteiger partial charge is 0.243 e. The van der Waals surface area contributed by atoms with E-state index in [9.17, 15) is 13.2 Å². The highest BCUT2D eigenvalue weighted by atomic mass is 32.2. The van der Waals surface area contributed by atoms with Crippen LogP contribution in [0.4, 0.5) is 5.69 Å². The number of carbonyl (C=O) groups excluding carboxylic acids is 1. The first-order chi connectivity index (χ1) is 13.9. The van der Waals surface area contributed by atoms with Gasteiger partial charge in [-0.25, -0.2) is 8.42 Å². The third-order valence-electron chi connectivity index (χ3n) is 4.92. The van der Waals surface area contributed by atoms with Gasteiger partial charge in [-0.1, -0.05) is 30.3 Å². The second-order valence-corrected chi connectivity index (χ2v) is 8.99. The van der Waals surface area contributed by atoms with Crippen molar-refractivity contribution in [1.29, 1.82) is 0 Å². The molecule has 2 atom stereocenters. The van der Waals surface area contributed by atoms with Crippen LogP contribution in [-0.4, -0.2) is 51.0 Å². The third-order valence-corrected chi connectivity index (χ3v) is 6.84. The summed E-state index contributed by atoms with van der Waals surface area (Å²) in [5, 5.41) is 6.10. The van der Waals surface area contributed by atoms with Gasteiger partial charge in [0, 0.05) is 24.8 Å². The van der Waals surface area contributed by atoms with E-state index in [-0.39, 0.29) is 16.8 Å². The van der Waals surface area contributed by atoms with Gasteiger partial charge in [-0.2, -0.15) is 4.31 Å². The van der Waals surface area contributed by atoms with Crippen LogP contribution in [0.15, 0.2) is 59.5 Å². The monoisotopic (exact) mass is 417 g/mol. The minimum absolute atomic E-state index is 0.0259. The standard InChI is InChI=1S/C21H27N3O4S/c1-16(18-6-4-3-5-7-18)22-17(2)21(25)23-19-8-10-20(11-9-19)29(26,27)24-12-14-28-15-13-24/h3-11,16-17,22H,12-15H2,1-2H3,(H,23,25)/t16-,17-/m1/s1. The van der Waals surface area contributed by atoms with E-state index in [1.54, 1.807) is 19.1 Å². The van der Waals surface area contributed by atoms with Crippen molar-refractivity contribution >= 4 is 21.6 Å². The fourth-order valence-electron chi connectivity index (χ4n) is 3.19. The van der Waals surface area contributed by atoms with Gasteiger partial charge in [0.05, 0.1) is 24.2 Å². The molecule has 0 unspecified atom stereocenters. The molecule has 156 valence electrons. The van der Waals surface area contributed by atoms with Crippen molar-refractivity contribution in [2.75, 3.05) is 31.6 Å². The summed E-state index contributed by atoms with van der Waals surface area (Å²) < 4.78 is 31.9. The molecule has 29 heavy (non-hydrogen) atoms. The van der Waals surface area contributed by atoms with E-state index in [4.69, 9.17) is 4.74 Å². The SMILES string of the molecule is C[C@@H](N[C@H](C)c1ccccc1)C(=O)Nc1ccc(S(=O)(=O)N2CCOCC2)cc1. The number of ether oxygens (including phenoxy) is 1. The highest BCUT2D eigenvalue weighted by Crippen LogP contribution is 2.20. The highest BCUT2D eigenvalue weighted by molar-refractivity contribution is 7.89. The molecular formula is C21H27N3O4S. The Kier molecular flexibility index (Phi) is 7.02. The minimum atomic E-state index is -3.54. The number of anilines is 1. The van der Waals surface area contributed by atoms with E-state index in [2.05, 4.69) is 10.6 Å². The van der Waals surface area contributed by atoms with Crippen LogP contribution in [0.1, 0.15) is 25.5 Å². The van der Waals surface area contributed by atoms with Gasteiger partial charge >= 0.3 is 0 Å². The number of amides is 1. The number of benzene rings is 2. The van der Waals surface area contributed by atoms with E-state index in [1.807, 2.05) is 37.3 Å². The topological polar surface area (TPSA) is 87.7 Å². The van der Waals surface area contributed by atoms with Gasteiger partial charge in [-0.3, -0.25) is 10.1 Å². The molecular weight excluding hydrogens is 390 g/mol. The van der Waals surface area contributed by atoms with Crippen LogP contribution >= 0.6 is 0 Å². The largest absolute Gasteiger partial charge is 0.379 e. The van der Waals surface area contributed by atoms with Gasteiger partial charge in [0.2, 0.25) is 15.9 Å². The summed E-state index contributed by atoms with van der Waals surface area (Å²) in [5.41, 5.74) is 1.65. The summed E-state index contributed by atoms with van der Waals surface area (Å²) in [7, 11) is -3.54. The van der Waals surface area contributed by atoms with Crippen molar-refractivity contribution in [3.63, 3.8) is 0 Å². The number of rotatable bonds is 7. The quantitative estimate of drug-likeness (QED) is 0.722. The molecule has 1 heterocycles. The summed E-state index contributed by atoms with van der Waals surface area (Å²) in [6.07, 6.45) is 0. The summed E-state index contributed by atoms with van der Waals surface area (Å²) in [5.74, 6) is -0.184. The van der Waals surface area contributed by atoms with E-state index in [1.165, 1.54) is 16.4 Å². The molecule has 0 aliphatic carbocycles. The average Bonchev–Trinajstić information content (AvgIpc) is 2.75. The Hall–Kier alpha value is -2.26. The van der Waals surface area contributed by atoms with Crippen molar-refractivity contribution in [3.8, 4) is 0 Å². The van der Waals surface area contributed by atoms with Crippen molar-refractivity contribution in [2.45, 2.75) is 30.8 Å². The second kappa shape index (κ2) is 9.49. The maximum atomic E-state index is 12.7. The molecule has 1 amide bonds. The maximum absolute atomic E-state index is 12.7. The molecule has 2 N–H and O–H groups in total. The molecule has 1 aliphatic heterocycles. The second-order valence-electron chi connectivity index (χ2n) is 7.05. The van der Waals surface area contributed by atoms with Gasteiger partial charge in [-0.05, 0) is 43.7 Å². The van der Waals surface area contributed by atoms with Gasteiger partial charge in [0.1, 0.15) is 0 Å². The lowest BCUT2D eigenvalue weighted by Gasteiger charge is -2.26. The first kappa shape index (κ1) is 21.4.